The molecule has 0 radical (unpaired) electrons. The Kier molecular flexibility index (Phi) is 7.73. The summed E-state index contributed by atoms with van der Waals surface area (Å²) in [6, 6.07) is 7.01. The van der Waals surface area contributed by atoms with Crippen LogP contribution in [0.3, 0.4) is 0 Å². The lowest BCUT2D eigenvalue weighted by Gasteiger charge is -2.38. The number of benzene rings is 1. The average Bonchev–Trinajstić information content (AvgIpc) is 2.65. The Hall–Kier alpha value is -2.57. The Labute approximate surface area is 185 Å². The minimum absolute atomic E-state index is 0.256. The van der Waals surface area contributed by atoms with Gasteiger partial charge in [0.05, 0.1) is 18.1 Å². The van der Waals surface area contributed by atoms with Crippen LogP contribution in [-0.2, 0) is 19.0 Å². The molecule has 1 amide bonds. The lowest BCUT2D eigenvalue weighted by molar-refractivity contribution is -0.150. The first-order valence-electron chi connectivity index (χ1n) is 10.8. The van der Waals surface area contributed by atoms with Crippen LogP contribution in [0.15, 0.2) is 24.3 Å². The van der Waals surface area contributed by atoms with Gasteiger partial charge in [0.25, 0.3) is 0 Å². The van der Waals surface area contributed by atoms with Crippen molar-refractivity contribution in [2.75, 3.05) is 19.7 Å². The van der Waals surface area contributed by atoms with Gasteiger partial charge in [0.2, 0.25) is 0 Å². The van der Waals surface area contributed by atoms with E-state index in [0.29, 0.717) is 31.7 Å². The minimum Gasteiger partial charge on any atom is -0.466 e. The molecule has 0 N–H and O–H groups in total. The van der Waals surface area contributed by atoms with Gasteiger partial charge in [-0.15, -0.1) is 0 Å². The molecule has 0 aromatic heterocycles. The summed E-state index contributed by atoms with van der Waals surface area (Å²) in [6.07, 6.45) is 0.0847. The number of rotatable bonds is 4. The van der Waals surface area contributed by atoms with Crippen molar-refractivity contribution < 1.29 is 28.6 Å². The fourth-order valence-corrected chi connectivity index (χ4v) is 3.52. The standard InChI is InChI=1S/C24H35NO6/c1-8-29-21(27)18-13-14-25(22(28)31-24(5,6)7)15-19(18)16-9-11-17(12-10-16)20(26)30-23(2,3)4/h9-12,18-19H,8,13-15H2,1-7H3/t18-,19-/m0/s1. The normalized spacial score (nSPS) is 19.5. The highest BCUT2D eigenvalue weighted by atomic mass is 16.6. The van der Waals surface area contributed by atoms with Gasteiger partial charge in [0, 0.05) is 19.0 Å². The monoisotopic (exact) mass is 433 g/mol. The number of carbonyl (C=O) groups is 3. The lowest BCUT2D eigenvalue weighted by atomic mass is 9.80. The fraction of sp³-hybridized carbons (Fsp3) is 0.625. The number of likely N-dealkylation sites (tertiary alicyclic amines) is 1. The SMILES string of the molecule is CCOC(=O)[C@H]1CCN(C(=O)OC(C)(C)C)C[C@H]1c1ccc(C(=O)OC(C)(C)C)cc1. The van der Waals surface area contributed by atoms with Crippen LogP contribution in [0.1, 0.15) is 76.7 Å². The van der Waals surface area contributed by atoms with E-state index < -0.39 is 23.3 Å². The molecular formula is C24H35NO6. The number of esters is 2. The molecule has 2 rings (SSSR count). The Bertz CT molecular complexity index is 788. The molecule has 0 unspecified atom stereocenters. The summed E-state index contributed by atoms with van der Waals surface area (Å²) in [5.41, 5.74) is 0.117. The number of nitrogens with zero attached hydrogens (tertiary/aromatic N) is 1. The van der Waals surface area contributed by atoms with E-state index in [9.17, 15) is 14.4 Å². The van der Waals surface area contributed by atoms with Gasteiger partial charge in [-0.05, 0) is 72.6 Å². The molecule has 31 heavy (non-hydrogen) atoms. The molecule has 1 aromatic carbocycles. The van der Waals surface area contributed by atoms with E-state index in [0.717, 1.165) is 5.56 Å². The van der Waals surface area contributed by atoms with Gasteiger partial charge in [-0.3, -0.25) is 4.79 Å². The second kappa shape index (κ2) is 9.71. The highest BCUT2D eigenvalue weighted by molar-refractivity contribution is 5.89. The Balaban J connectivity index is 2.24. The number of hydrogen-bond donors (Lipinski definition) is 0. The highest BCUT2D eigenvalue weighted by Crippen LogP contribution is 2.34. The number of carbonyl (C=O) groups excluding carboxylic acids is 3. The molecular weight excluding hydrogens is 398 g/mol. The second-order valence-corrected chi connectivity index (χ2v) is 9.80. The van der Waals surface area contributed by atoms with Crippen molar-refractivity contribution >= 4 is 18.0 Å². The molecule has 0 saturated carbocycles. The van der Waals surface area contributed by atoms with Gasteiger partial charge in [-0.2, -0.15) is 0 Å². The number of hydrogen-bond acceptors (Lipinski definition) is 6. The molecule has 7 nitrogen and oxygen atoms in total. The zero-order valence-corrected chi connectivity index (χ0v) is 19.7. The van der Waals surface area contributed by atoms with Gasteiger partial charge in [0.1, 0.15) is 11.2 Å². The summed E-state index contributed by atoms with van der Waals surface area (Å²) in [4.78, 5) is 39.1. The molecule has 0 aliphatic carbocycles. The van der Waals surface area contributed by atoms with Crippen LogP contribution in [0.25, 0.3) is 0 Å². The third kappa shape index (κ3) is 7.26. The first-order chi connectivity index (χ1) is 14.3. The topological polar surface area (TPSA) is 82.1 Å². The predicted molar refractivity (Wildman–Crippen MR) is 117 cm³/mol. The number of ether oxygens (including phenoxy) is 3. The van der Waals surface area contributed by atoms with E-state index >= 15 is 0 Å². The van der Waals surface area contributed by atoms with Crippen LogP contribution < -0.4 is 0 Å². The third-order valence-corrected chi connectivity index (χ3v) is 4.83. The molecule has 1 aliphatic rings. The summed E-state index contributed by atoms with van der Waals surface area (Å²) in [5.74, 6) is -1.30. The van der Waals surface area contributed by atoms with Crippen molar-refractivity contribution in [1.82, 2.24) is 4.90 Å². The Morgan fingerprint density at radius 3 is 2.06 bits per heavy atom. The Morgan fingerprint density at radius 2 is 1.55 bits per heavy atom. The molecule has 1 fully saturated rings. The zero-order chi connectivity index (χ0) is 23.4. The smallest absolute Gasteiger partial charge is 0.410 e. The van der Waals surface area contributed by atoms with Crippen LogP contribution in [0.2, 0.25) is 0 Å². The molecule has 2 atom stereocenters. The van der Waals surface area contributed by atoms with E-state index in [4.69, 9.17) is 14.2 Å². The average molecular weight is 434 g/mol. The molecule has 1 aliphatic heterocycles. The summed E-state index contributed by atoms with van der Waals surface area (Å²) in [6.45, 7) is 13.8. The van der Waals surface area contributed by atoms with Gasteiger partial charge in [-0.1, -0.05) is 12.1 Å². The lowest BCUT2D eigenvalue weighted by Crippen LogP contribution is -2.47. The van der Waals surface area contributed by atoms with E-state index in [1.54, 1.807) is 24.0 Å². The van der Waals surface area contributed by atoms with Crippen molar-refractivity contribution in [3.8, 4) is 0 Å². The van der Waals surface area contributed by atoms with Crippen molar-refractivity contribution in [1.29, 1.82) is 0 Å². The second-order valence-electron chi connectivity index (χ2n) is 9.80. The van der Waals surface area contributed by atoms with Gasteiger partial charge in [-0.25, -0.2) is 9.59 Å². The fourth-order valence-electron chi connectivity index (χ4n) is 3.52. The quantitative estimate of drug-likeness (QED) is 0.512. The molecule has 172 valence electrons. The predicted octanol–water partition coefficient (Wildman–Crippen LogP) is 4.55. The number of piperidine rings is 1. The molecule has 0 bridgehead atoms. The molecule has 1 aromatic rings. The van der Waals surface area contributed by atoms with Crippen molar-refractivity contribution in [3.63, 3.8) is 0 Å². The number of amides is 1. The van der Waals surface area contributed by atoms with Crippen LogP contribution in [0.4, 0.5) is 4.79 Å². The van der Waals surface area contributed by atoms with Crippen molar-refractivity contribution in [2.24, 2.45) is 5.92 Å². The van der Waals surface area contributed by atoms with E-state index in [2.05, 4.69) is 0 Å². The van der Waals surface area contributed by atoms with E-state index in [-0.39, 0.29) is 17.8 Å². The summed E-state index contributed by atoms with van der Waals surface area (Å²) >= 11 is 0. The van der Waals surface area contributed by atoms with Crippen molar-refractivity contribution in [3.05, 3.63) is 35.4 Å². The highest BCUT2D eigenvalue weighted by Gasteiger charge is 2.38. The first-order valence-corrected chi connectivity index (χ1v) is 10.8. The third-order valence-electron chi connectivity index (χ3n) is 4.83. The summed E-state index contributed by atoms with van der Waals surface area (Å²) in [7, 11) is 0. The summed E-state index contributed by atoms with van der Waals surface area (Å²) < 4.78 is 16.2. The summed E-state index contributed by atoms with van der Waals surface area (Å²) in [5, 5.41) is 0. The zero-order valence-electron chi connectivity index (χ0n) is 19.7. The maximum absolute atomic E-state index is 12.6. The first kappa shape index (κ1) is 24.7. The molecule has 7 heteroatoms. The maximum Gasteiger partial charge on any atom is 0.410 e. The van der Waals surface area contributed by atoms with E-state index in [1.165, 1.54) is 0 Å². The largest absolute Gasteiger partial charge is 0.466 e. The maximum atomic E-state index is 12.6. The van der Waals surface area contributed by atoms with E-state index in [1.807, 2.05) is 53.7 Å². The molecule has 1 saturated heterocycles. The van der Waals surface area contributed by atoms with Gasteiger partial charge >= 0.3 is 18.0 Å². The van der Waals surface area contributed by atoms with Crippen LogP contribution in [-0.4, -0.2) is 53.8 Å². The van der Waals surface area contributed by atoms with Gasteiger partial charge < -0.3 is 19.1 Å². The molecule has 0 spiro atoms. The van der Waals surface area contributed by atoms with Crippen molar-refractivity contribution in [2.45, 2.75) is 72.0 Å². The Morgan fingerprint density at radius 1 is 0.968 bits per heavy atom. The van der Waals surface area contributed by atoms with Crippen LogP contribution >= 0.6 is 0 Å². The minimum atomic E-state index is -0.598. The van der Waals surface area contributed by atoms with Gasteiger partial charge in [0.15, 0.2) is 0 Å². The molecule has 1 heterocycles. The van der Waals surface area contributed by atoms with Crippen LogP contribution in [0.5, 0.6) is 0 Å². The van der Waals surface area contributed by atoms with Crippen LogP contribution in [0, 0.1) is 5.92 Å².